The normalized spacial score (nSPS) is 11.0. The predicted molar refractivity (Wildman–Crippen MR) is 114 cm³/mol. The molecule has 7 heteroatoms. The van der Waals surface area contributed by atoms with E-state index in [1.807, 2.05) is 37.4 Å². The molecule has 2 N–H and O–H groups in total. The molecule has 0 spiro atoms. The topological polar surface area (TPSA) is 95.2 Å². The van der Waals surface area contributed by atoms with Crippen LogP contribution in [0.2, 0.25) is 0 Å². The van der Waals surface area contributed by atoms with Crippen molar-refractivity contribution in [3.63, 3.8) is 0 Å². The predicted octanol–water partition coefficient (Wildman–Crippen LogP) is 4.69. The van der Waals surface area contributed by atoms with E-state index in [-0.39, 0.29) is 17.1 Å². The zero-order valence-corrected chi connectivity index (χ0v) is 17.0. The highest BCUT2D eigenvalue weighted by Crippen LogP contribution is 2.29. The fourth-order valence-electron chi connectivity index (χ4n) is 2.73. The van der Waals surface area contributed by atoms with Crippen molar-refractivity contribution < 1.29 is 14.6 Å². The second kappa shape index (κ2) is 8.59. The Balaban J connectivity index is 1.81. The first-order chi connectivity index (χ1) is 13.9. The molecule has 0 aliphatic rings. The van der Waals surface area contributed by atoms with Crippen molar-refractivity contribution in [2.45, 2.75) is 13.8 Å². The van der Waals surface area contributed by atoms with Gasteiger partial charge in [0.05, 0.1) is 12.8 Å². The van der Waals surface area contributed by atoms with Crippen LogP contribution in [0.5, 0.6) is 11.5 Å². The zero-order chi connectivity index (χ0) is 21.0. The highest BCUT2D eigenvalue weighted by atomic mass is 32.1. The van der Waals surface area contributed by atoms with Crippen LogP contribution in [0.25, 0.3) is 17.3 Å². The molecule has 1 heterocycles. The number of ether oxygens (including phenoxy) is 1. The summed E-state index contributed by atoms with van der Waals surface area (Å²) in [4.78, 5) is 17.0. The third-order valence-electron chi connectivity index (χ3n) is 4.27. The minimum Gasteiger partial charge on any atom is -0.504 e. The molecule has 0 radical (unpaired) electrons. The molecule has 3 aromatic rings. The van der Waals surface area contributed by atoms with Crippen LogP contribution in [0.15, 0.2) is 47.4 Å². The van der Waals surface area contributed by atoms with Crippen molar-refractivity contribution >= 4 is 28.5 Å². The molecule has 1 amide bonds. The summed E-state index contributed by atoms with van der Waals surface area (Å²) in [6.45, 7) is 4.02. The number of aromatic nitrogens is 1. The lowest BCUT2D eigenvalue weighted by Crippen LogP contribution is -2.13. The summed E-state index contributed by atoms with van der Waals surface area (Å²) in [5, 5.41) is 24.0. The van der Waals surface area contributed by atoms with E-state index in [0.717, 1.165) is 22.4 Å². The molecule has 0 unspecified atom stereocenters. The Morgan fingerprint density at radius 1 is 1.28 bits per heavy atom. The number of amides is 1. The first-order valence-electron chi connectivity index (χ1n) is 8.74. The number of benzene rings is 2. The van der Waals surface area contributed by atoms with Crippen LogP contribution in [-0.4, -0.2) is 23.1 Å². The van der Waals surface area contributed by atoms with E-state index in [1.165, 1.54) is 30.6 Å². The number of aromatic hydroxyl groups is 1. The SMILES string of the molecule is COc1cc(/C=C(\C#N)C(=O)Nc2nc(-c3cc(C)ccc3C)cs2)ccc1O. The lowest BCUT2D eigenvalue weighted by Gasteiger charge is -2.05. The van der Waals surface area contributed by atoms with Crippen LogP contribution in [0.1, 0.15) is 16.7 Å². The number of phenols is 1. The van der Waals surface area contributed by atoms with Crippen LogP contribution in [0.4, 0.5) is 5.13 Å². The number of anilines is 1. The first-order valence-corrected chi connectivity index (χ1v) is 9.62. The van der Waals surface area contributed by atoms with E-state index in [2.05, 4.69) is 16.4 Å². The van der Waals surface area contributed by atoms with Crippen LogP contribution in [0, 0.1) is 25.2 Å². The quantitative estimate of drug-likeness (QED) is 0.474. The summed E-state index contributed by atoms with van der Waals surface area (Å²) in [5.74, 6) is -0.315. The van der Waals surface area contributed by atoms with Gasteiger partial charge in [0.25, 0.3) is 5.91 Å². The highest BCUT2D eigenvalue weighted by Gasteiger charge is 2.14. The van der Waals surface area contributed by atoms with Gasteiger partial charge < -0.3 is 9.84 Å². The van der Waals surface area contributed by atoms with Crippen molar-refractivity contribution in [2.75, 3.05) is 12.4 Å². The Morgan fingerprint density at radius 2 is 2.07 bits per heavy atom. The van der Waals surface area contributed by atoms with Gasteiger partial charge in [-0.15, -0.1) is 11.3 Å². The van der Waals surface area contributed by atoms with Crippen LogP contribution in [-0.2, 0) is 4.79 Å². The Labute approximate surface area is 172 Å². The van der Waals surface area contributed by atoms with Crippen molar-refractivity contribution in [3.8, 4) is 28.8 Å². The van der Waals surface area contributed by atoms with Gasteiger partial charge >= 0.3 is 0 Å². The molecule has 146 valence electrons. The number of hydrogen-bond donors (Lipinski definition) is 2. The number of aryl methyl sites for hydroxylation is 2. The van der Waals surface area contributed by atoms with Crippen molar-refractivity contribution in [2.24, 2.45) is 0 Å². The zero-order valence-electron chi connectivity index (χ0n) is 16.2. The van der Waals surface area contributed by atoms with Gasteiger partial charge in [0.2, 0.25) is 0 Å². The van der Waals surface area contributed by atoms with Gasteiger partial charge in [-0.1, -0.05) is 23.8 Å². The monoisotopic (exact) mass is 405 g/mol. The van der Waals surface area contributed by atoms with Crippen LogP contribution in [0.3, 0.4) is 0 Å². The van der Waals surface area contributed by atoms with Gasteiger partial charge in [-0.3, -0.25) is 10.1 Å². The molecule has 0 saturated carbocycles. The van der Waals surface area contributed by atoms with E-state index in [1.54, 1.807) is 12.1 Å². The fraction of sp³-hybridized carbons (Fsp3) is 0.136. The molecule has 3 rings (SSSR count). The molecule has 0 saturated heterocycles. The maximum absolute atomic E-state index is 12.5. The minimum absolute atomic E-state index is 0.0191. The van der Waals surface area contributed by atoms with E-state index in [0.29, 0.717) is 10.7 Å². The van der Waals surface area contributed by atoms with E-state index in [9.17, 15) is 15.2 Å². The summed E-state index contributed by atoms with van der Waals surface area (Å²) in [5.41, 5.74) is 4.48. The second-order valence-corrected chi connectivity index (χ2v) is 7.27. The number of hydrogen-bond acceptors (Lipinski definition) is 6. The van der Waals surface area contributed by atoms with Crippen molar-refractivity contribution in [1.29, 1.82) is 5.26 Å². The number of nitriles is 1. The summed E-state index contributed by atoms with van der Waals surface area (Å²) in [6, 6.07) is 12.6. The number of nitrogens with zero attached hydrogens (tertiary/aromatic N) is 2. The maximum Gasteiger partial charge on any atom is 0.268 e. The average molecular weight is 405 g/mol. The molecule has 0 atom stereocenters. The number of thiazole rings is 1. The number of rotatable bonds is 5. The fourth-order valence-corrected chi connectivity index (χ4v) is 3.44. The minimum atomic E-state index is -0.554. The Kier molecular flexibility index (Phi) is 5.96. The molecule has 6 nitrogen and oxygen atoms in total. The van der Waals surface area contributed by atoms with Gasteiger partial charge in [-0.2, -0.15) is 5.26 Å². The highest BCUT2D eigenvalue weighted by molar-refractivity contribution is 7.14. The van der Waals surface area contributed by atoms with Crippen LogP contribution < -0.4 is 10.1 Å². The van der Waals surface area contributed by atoms with Gasteiger partial charge in [0.1, 0.15) is 11.6 Å². The molecular weight excluding hydrogens is 386 g/mol. The second-order valence-electron chi connectivity index (χ2n) is 6.41. The van der Waals surface area contributed by atoms with Gasteiger partial charge in [0.15, 0.2) is 16.6 Å². The average Bonchev–Trinajstić information content (AvgIpc) is 3.17. The molecule has 1 aromatic heterocycles. The number of nitrogens with one attached hydrogen (secondary N) is 1. The Bertz CT molecular complexity index is 1140. The maximum atomic E-state index is 12.5. The standard InChI is InChI=1S/C22H19N3O3S/c1-13-4-5-14(2)17(8-13)18-12-29-22(24-18)25-21(27)16(11-23)9-15-6-7-19(26)20(10-15)28-3/h4-10,12,26H,1-3H3,(H,24,25,27)/b16-9+. The summed E-state index contributed by atoms with van der Waals surface area (Å²) < 4.78 is 5.05. The smallest absolute Gasteiger partial charge is 0.268 e. The molecule has 0 aliphatic carbocycles. The van der Waals surface area contributed by atoms with E-state index in [4.69, 9.17) is 4.74 Å². The largest absolute Gasteiger partial charge is 0.504 e. The lowest BCUT2D eigenvalue weighted by molar-refractivity contribution is -0.112. The Morgan fingerprint density at radius 3 is 2.79 bits per heavy atom. The third-order valence-corrected chi connectivity index (χ3v) is 5.03. The number of carbonyl (C=O) groups excluding carboxylic acids is 1. The summed E-state index contributed by atoms with van der Waals surface area (Å²) in [6.07, 6.45) is 1.43. The number of methoxy groups -OCH3 is 1. The van der Waals surface area contributed by atoms with Gasteiger partial charge in [-0.05, 0) is 49.2 Å². The molecule has 2 aromatic carbocycles. The molecular formula is C22H19N3O3S. The van der Waals surface area contributed by atoms with E-state index < -0.39 is 5.91 Å². The summed E-state index contributed by atoms with van der Waals surface area (Å²) in [7, 11) is 1.43. The Hall–Kier alpha value is -3.63. The lowest BCUT2D eigenvalue weighted by atomic mass is 10.0. The molecule has 0 aliphatic heterocycles. The van der Waals surface area contributed by atoms with Crippen molar-refractivity contribution in [1.82, 2.24) is 4.98 Å². The summed E-state index contributed by atoms with van der Waals surface area (Å²) >= 11 is 1.30. The van der Waals surface area contributed by atoms with Crippen molar-refractivity contribution in [3.05, 3.63) is 64.0 Å². The third kappa shape index (κ3) is 4.62. The number of carbonyl (C=O) groups is 1. The van der Waals surface area contributed by atoms with Gasteiger partial charge in [-0.25, -0.2) is 4.98 Å². The number of phenolic OH excluding ortho intramolecular Hbond substituents is 1. The van der Waals surface area contributed by atoms with Gasteiger partial charge in [0, 0.05) is 10.9 Å². The van der Waals surface area contributed by atoms with Crippen LogP contribution >= 0.6 is 11.3 Å². The molecule has 0 fully saturated rings. The van der Waals surface area contributed by atoms with E-state index >= 15 is 0 Å². The first kappa shape index (κ1) is 20.1. The molecule has 29 heavy (non-hydrogen) atoms. The molecule has 0 bridgehead atoms.